The van der Waals surface area contributed by atoms with Crippen LogP contribution in [-0.4, -0.2) is 29.7 Å². The molecule has 0 fully saturated rings. The molecule has 0 aliphatic rings. The lowest BCUT2D eigenvalue weighted by Crippen LogP contribution is -2.04. The fourth-order valence-electron chi connectivity index (χ4n) is 1.01. The molecule has 5 heteroatoms. The van der Waals surface area contributed by atoms with Crippen molar-refractivity contribution in [1.29, 1.82) is 0 Å². The smallest absolute Gasteiger partial charge is 0.356 e. The molecule has 0 saturated carbocycles. The molecule has 80 valence electrons. The van der Waals surface area contributed by atoms with Crippen LogP contribution in [0.3, 0.4) is 0 Å². The highest BCUT2D eigenvalue weighted by Crippen LogP contribution is 2.15. The van der Waals surface area contributed by atoms with E-state index >= 15 is 0 Å². The largest absolute Gasteiger partial charge is 0.476 e. The van der Waals surface area contributed by atoms with Gasteiger partial charge in [-0.15, -0.1) is 0 Å². The van der Waals surface area contributed by atoms with E-state index in [4.69, 9.17) is 16.7 Å². The summed E-state index contributed by atoms with van der Waals surface area (Å²) >= 11 is 5.74. The van der Waals surface area contributed by atoms with Crippen LogP contribution in [0.25, 0.3) is 6.08 Å². The Morgan fingerprint density at radius 2 is 2.47 bits per heavy atom. The molecule has 1 rings (SSSR count). The number of halogens is 1. The van der Waals surface area contributed by atoms with Crippen molar-refractivity contribution in [3.8, 4) is 0 Å². The normalized spacial score (nSPS) is 10.8. The molecule has 0 saturated heterocycles. The van der Waals surface area contributed by atoms with E-state index in [0.717, 1.165) is 12.1 Å². The monoisotopic (exact) mass is 226 g/mol. The number of likely N-dealkylation sites (N-methyl/N-ethyl adjacent to an activating group) is 1. The van der Waals surface area contributed by atoms with Crippen molar-refractivity contribution in [1.82, 2.24) is 10.3 Å². The Balaban J connectivity index is 2.87. The first-order chi connectivity index (χ1) is 7.15. The van der Waals surface area contributed by atoms with Gasteiger partial charge in [-0.3, -0.25) is 0 Å². The molecule has 0 unspecified atom stereocenters. The lowest BCUT2D eigenvalue weighted by molar-refractivity contribution is 0.0690. The van der Waals surface area contributed by atoms with Crippen molar-refractivity contribution in [2.24, 2.45) is 0 Å². The SMILES string of the molecule is CNCC=Cc1cnc(C(=O)O)c(Cl)c1. The summed E-state index contributed by atoms with van der Waals surface area (Å²) in [6, 6.07) is 1.57. The zero-order chi connectivity index (χ0) is 11.3. The topological polar surface area (TPSA) is 62.2 Å². The third-order valence-corrected chi connectivity index (χ3v) is 1.99. The van der Waals surface area contributed by atoms with Gasteiger partial charge < -0.3 is 10.4 Å². The summed E-state index contributed by atoms with van der Waals surface area (Å²) in [7, 11) is 1.84. The fraction of sp³-hybridized carbons (Fsp3) is 0.200. The fourth-order valence-corrected chi connectivity index (χ4v) is 1.27. The van der Waals surface area contributed by atoms with E-state index in [0.29, 0.717) is 0 Å². The Morgan fingerprint density at radius 1 is 1.73 bits per heavy atom. The molecule has 0 atom stereocenters. The standard InChI is InChI=1S/C10H11ClN2O2/c1-12-4-2-3-7-5-8(11)9(10(14)15)13-6-7/h2-3,5-6,12H,4H2,1H3,(H,14,15). The Hall–Kier alpha value is -1.39. The van der Waals surface area contributed by atoms with Gasteiger partial charge in [-0.2, -0.15) is 0 Å². The molecule has 0 aromatic carbocycles. The highest BCUT2D eigenvalue weighted by Gasteiger charge is 2.09. The number of carbonyl (C=O) groups is 1. The third kappa shape index (κ3) is 3.34. The van der Waals surface area contributed by atoms with Crippen molar-refractivity contribution in [2.75, 3.05) is 13.6 Å². The van der Waals surface area contributed by atoms with Crippen LogP contribution in [0.1, 0.15) is 16.1 Å². The first-order valence-electron chi connectivity index (χ1n) is 4.35. The van der Waals surface area contributed by atoms with Crippen molar-refractivity contribution in [3.63, 3.8) is 0 Å². The molecule has 15 heavy (non-hydrogen) atoms. The van der Waals surface area contributed by atoms with Gasteiger partial charge in [0.25, 0.3) is 0 Å². The van der Waals surface area contributed by atoms with Crippen molar-refractivity contribution in [3.05, 3.63) is 34.6 Å². The summed E-state index contributed by atoms with van der Waals surface area (Å²) in [6.45, 7) is 0.734. The molecule has 1 aromatic rings. The molecule has 4 nitrogen and oxygen atoms in total. The van der Waals surface area contributed by atoms with Crippen LogP contribution in [0.2, 0.25) is 5.02 Å². The van der Waals surface area contributed by atoms with Gasteiger partial charge in [-0.1, -0.05) is 23.8 Å². The van der Waals surface area contributed by atoms with Gasteiger partial charge in [0.1, 0.15) is 0 Å². The zero-order valence-electron chi connectivity index (χ0n) is 8.20. The van der Waals surface area contributed by atoms with Gasteiger partial charge in [0.2, 0.25) is 0 Å². The first kappa shape index (κ1) is 11.7. The average Bonchev–Trinajstić information content (AvgIpc) is 2.17. The zero-order valence-corrected chi connectivity index (χ0v) is 8.95. The van der Waals surface area contributed by atoms with Crippen LogP contribution in [0.15, 0.2) is 18.3 Å². The number of rotatable bonds is 4. The van der Waals surface area contributed by atoms with Crippen LogP contribution in [0.5, 0.6) is 0 Å². The van der Waals surface area contributed by atoms with Gasteiger partial charge in [-0.05, 0) is 18.7 Å². The highest BCUT2D eigenvalue weighted by atomic mass is 35.5. The van der Waals surface area contributed by atoms with E-state index in [1.807, 2.05) is 19.2 Å². The third-order valence-electron chi connectivity index (χ3n) is 1.70. The van der Waals surface area contributed by atoms with Crippen molar-refractivity contribution < 1.29 is 9.90 Å². The van der Waals surface area contributed by atoms with E-state index in [-0.39, 0.29) is 10.7 Å². The number of pyridine rings is 1. The van der Waals surface area contributed by atoms with Crippen molar-refractivity contribution in [2.45, 2.75) is 0 Å². The number of hydrogen-bond donors (Lipinski definition) is 2. The summed E-state index contributed by atoms with van der Waals surface area (Å²) in [5, 5.41) is 11.8. The maximum absolute atomic E-state index is 10.6. The summed E-state index contributed by atoms with van der Waals surface area (Å²) in [4.78, 5) is 14.4. The van der Waals surface area contributed by atoms with Gasteiger partial charge in [-0.25, -0.2) is 9.78 Å². The molecule has 0 spiro atoms. The number of nitrogens with zero attached hydrogens (tertiary/aromatic N) is 1. The maximum Gasteiger partial charge on any atom is 0.356 e. The van der Waals surface area contributed by atoms with E-state index in [1.165, 1.54) is 6.20 Å². The molecule has 2 N–H and O–H groups in total. The van der Waals surface area contributed by atoms with Gasteiger partial charge in [0, 0.05) is 12.7 Å². The Bertz CT molecular complexity index is 391. The van der Waals surface area contributed by atoms with Crippen LogP contribution < -0.4 is 5.32 Å². The second-order valence-corrected chi connectivity index (χ2v) is 3.27. The van der Waals surface area contributed by atoms with Crippen molar-refractivity contribution >= 4 is 23.6 Å². The Kier molecular flexibility index (Phi) is 4.27. The molecule has 1 heterocycles. The predicted octanol–water partition coefficient (Wildman–Crippen LogP) is 1.67. The minimum atomic E-state index is -1.12. The number of aromatic carboxylic acids is 1. The molecule has 0 aliphatic carbocycles. The number of carboxylic acids is 1. The lowest BCUT2D eigenvalue weighted by Gasteiger charge is -1.99. The molecule has 0 aliphatic heterocycles. The second kappa shape index (κ2) is 5.48. The van der Waals surface area contributed by atoms with Gasteiger partial charge in [0.05, 0.1) is 5.02 Å². The summed E-state index contributed by atoms with van der Waals surface area (Å²) in [5.74, 6) is -1.12. The van der Waals surface area contributed by atoms with Crippen LogP contribution in [-0.2, 0) is 0 Å². The lowest BCUT2D eigenvalue weighted by atomic mass is 10.2. The van der Waals surface area contributed by atoms with E-state index in [1.54, 1.807) is 6.07 Å². The Labute approximate surface area is 92.6 Å². The van der Waals surface area contributed by atoms with Crippen LogP contribution >= 0.6 is 11.6 Å². The molecule has 0 radical (unpaired) electrons. The quantitative estimate of drug-likeness (QED) is 0.820. The highest BCUT2D eigenvalue weighted by molar-refractivity contribution is 6.33. The van der Waals surface area contributed by atoms with Crippen LogP contribution in [0, 0.1) is 0 Å². The minimum absolute atomic E-state index is 0.123. The summed E-state index contributed by atoms with van der Waals surface area (Å²) in [6.07, 6.45) is 5.19. The summed E-state index contributed by atoms with van der Waals surface area (Å²) < 4.78 is 0. The van der Waals surface area contributed by atoms with Crippen LogP contribution in [0.4, 0.5) is 0 Å². The van der Waals surface area contributed by atoms with Gasteiger partial charge >= 0.3 is 5.97 Å². The molecule has 0 amide bonds. The van der Waals surface area contributed by atoms with E-state index < -0.39 is 5.97 Å². The van der Waals surface area contributed by atoms with Gasteiger partial charge in [0.15, 0.2) is 5.69 Å². The minimum Gasteiger partial charge on any atom is -0.476 e. The molecule has 0 bridgehead atoms. The predicted molar refractivity (Wildman–Crippen MR) is 59.2 cm³/mol. The number of carboxylic acid groups (broad SMARTS) is 1. The van der Waals surface area contributed by atoms with E-state index in [9.17, 15) is 4.79 Å². The Morgan fingerprint density at radius 3 is 3.00 bits per heavy atom. The molecular formula is C10H11ClN2O2. The molecule has 1 aromatic heterocycles. The summed E-state index contributed by atoms with van der Waals surface area (Å²) in [5.41, 5.74) is 0.655. The number of hydrogen-bond acceptors (Lipinski definition) is 3. The number of nitrogens with one attached hydrogen (secondary N) is 1. The maximum atomic E-state index is 10.6. The number of aromatic nitrogens is 1. The average molecular weight is 227 g/mol. The second-order valence-electron chi connectivity index (χ2n) is 2.86. The van der Waals surface area contributed by atoms with E-state index in [2.05, 4.69) is 10.3 Å². The first-order valence-corrected chi connectivity index (χ1v) is 4.73. The molecular weight excluding hydrogens is 216 g/mol.